The summed E-state index contributed by atoms with van der Waals surface area (Å²) in [5.74, 6) is -2.01. The monoisotopic (exact) mass is 311 g/mol. The Bertz CT molecular complexity index is 1020. The first-order valence-corrected chi connectivity index (χ1v) is 7.17. The van der Waals surface area contributed by atoms with Crippen molar-refractivity contribution in [1.29, 1.82) is 0 Å². The van der Waals surface area contributed by atoms with Crippen molar-refractivity contribution in [3.8, 4) is 0 Å². The fourth-order valence-electron chi connectivity index (χ4n) is 3.16. The van der Waals surface area contributed by atoms with Gasteiger partial charge in [0.2, 0.25) is 10.7 Å². The van der Waals surface area contributed by atoms with Crippen LogP contribution in [0.4, 0.5) is 0 Å². The number of nitrogens with zero attached hydrogens (tertiary/aromatic N) is 1. The van der Waals surface area contributed by atoms with Crippen molar-refractivity contribution in [2.24, 2.45) is 0 Å². The van der Waals surface area contributed by atoms with Crippen LogP contribution in [0.25, 0.3) is 21.8 Å². The molecule has 108 valence electrons. The number of rotatable bonds is 1. The van der Waals surface area contributed by atoms with E-state index in [9.17, 15) is 14.4 Å². The molecule has 1 aliphatic rings. The summed E-state index contributed by atoms with van der Waals surface area (Å²) >= 11 is 6.21. The third kappa shape index (κ3) is 1.31. The van der Waals surface area contributed by atoms with Crippen molar-refractivity contribution in [3.63, 3.8) is 0 Å². The van der Waals surface area contributed by atoms with Gasteiger partial charge in [-0.05, 0) is 19.1 Å². The largest absolute Gasteiger partial charge is 0.297 e. The molecule has 1 atom stereocenters. The number of para-hydroxylation sites is 2. The number of halogens is 1. The molecule has 4 rings (SSSR count). The van der Waals surface area contributed by atoms with Crippen LogP contribution in [0.1, 0.15) is 22.1 Å². The maximum atomic E-state index is 12.8. The van der Waals surface area contributed by atoms with Crippen LogP contribution < -0.4 is 0 Å². The van der Waals surface area contributed by atoms with E-state index in [-0.39, 0.29) is 0 Å². The number of benzene rings is 2. The summed E-state index contributed by atoms with van der Waals surface area (Å²) in [5, 5.41) is 1.65. The highest BCUT2D eigenvalue weighted by molar-refractivity contribution is 6.61. The molecule has 0 radical (unpaired) electrons. The molecule has 4 nitrogen and oxygen atoms in total. The van der Waals surface area contributed by atoms with Crippen LogP contribution in [0.2, 0.25) is 0 Å². The van der Waals surface area contributed by atoms with Crippen LogP contribution in [-0.4, -0.2) is 26.9 Å². The normalized spacial score (nSPS) is 20.8. The summed E-state index contributed by atoms with van der Waals surface area (Å²) in [6.45, 7) is 1.17. The Morgan fingerprint density at radius 2 is 1.73 bits per heavy atom. The lowest BCUT2D eigenvalue weighted by atomic mass is 9.88. The van der Waals surface area contributed by atoms with E-state index in [1.54, 1.807) is 24.3 Å². The van der Waals surface area contributed by atoms with Gasteiger partial charge in [0.15, 0.2) is 5.78 Å². The Balaban J connectivity index is 2.28. The van der Waals surface area contributed by atoms with E-state index in [1.165, 1.54) is 11.5 Å². The molecule has 2 heterocycles. The molecule has 0 aliphatic carbocycles. The number of fused-ring (bicyclic) bond motifs is 3. The van der Waals surface area contributed by atoms with Crippen LogP contribution in [0.5, 0.6) is 0 Å². The predicted molar refractivity (Wildman–Crippen MR) is 83.7 cm³/mol. The van der Waals surface area contributed by atoms with Crippen molar-refractivity contribution in [1.82, 2.24) is 4.57 Å². The van der Waals surface area contributed by atoms with Gasteiger partial charge in [-0.15, -0.1) is 0 Å². The first-order valence-electron chi connectivity index (χ1n) is 6.79. The average molecular weight is 312 g/mol. The van der Waals surface area contributed by atoms with E-state index in [0.29, 0.717) is 16.6 Å². The maximum absolute atomic E-state index is 12.8. The topological polar surface area (TPSA) is 56.1 Å². The van der Waals surface area contributed by atoms with Crippen LogP contribution in [0, 0.1) is 0 Å². The average Bonchev–Trinajstić information content (AvgIpc) is 2.86. The molecule has 0 fully saturated rings. The molecule has 0 saturated carbocycles. The molecule has 2 aromatic carbocycles. The van der Waals surface area contributed by atoms with Gasteiger partial charge in [-0.1, -0.05) is 41.9 Å². The lowest BCUT2D eigenvalue weighted by molar-refractivity contribution is -0.117. The van der Waals surface area contributed by atoms with Crippen LogP contribution >= 0.6 is 11.6 Å². The highest BCUT2D eigenvalue weighted by Crippen LogP contribution is 2.39. The summed E-state index contributed by atoms with van der Waals surface area (Å²) in [7, 11) is 0. The zero-order valence-electron chi connectivity index (χ0n) is 11.6. The molecule has 5 heteroatoms. The van der Waals surface area contributed by atoms with E-state index >= 15 is 0 Å². The van der Waals surface area contributed by atoms with Gasteiger partial charge in [0, 0.05) is 16.3 Å². The van der Waals surface area contributed by atoms with Crippen molar-refractivity contribution in [3.05, 3.63) is 48.0 Å². The third-order valence-corrected chi connectivity index (χ3v) is 4.83. The third-order valence-electron chi connectivity index (χ3n) is 4.24. The van der Waals surface area contributed by atoms with Gasteiger partial charge in [0.05, 0.1) is 11.0 Å². The Hall–Kier alpha value is -2.46. The van der Waals surface area contributed by atoms with E-state index in [4.69, 9.17) is 11.6 Å². The summed E-state index contributed by atoms with van der Waals surface area (Å²) in [6, 6.07) is 12.5. The van der Waals surface area contributed by atoms with Crippen molar-refractivity contribution >= 4 is 50.9 Å². The second-order valence-corrected chi connectivity index (χ2v) is 5.97. The molecule has 0 amide bonds. The smallest absolute Gasteiger partial charge is 0.268 e. The summed E-state index contributed by atoms with van der Waals surface area (Å²) in [6.07, 6.45) is 0. The SMILES string of the molecule is CC(=O)C1(Cl)C(=O)c2cccc3c4ccccc4n(c23)C1=O. The molecular weight excluding hydrogens is 302 g/mol. The lowest BCUT2D eigenvalue weighted by Crippen LogP contribution is -2.52. The highest BCUT2D eigenvalue weighted by Gasteiger charge is 2.53. The molecule has 22 heavy (non-hydrogen) atoms. The van der Waals surface area contributed by atoms with Crippen molar-refractivity contribution < 1.29 is 14.4 Å². The number of ketones is 2. The Labute approximate surface area is 130 Å². The summed E-state index contributed by atoms with van der Waals surface area (Å²) in [5.41, 5.74) is 1.48. The number of hydrogen-bond donors (Lipinski definition) is 0. The predicted octanol–water partition coefficient (Wildman–Crippen LogP) is 3.20. The van der Waals surface area contributed by atoms with Gasteiger partial charge in [0.1, 0.15) is 0 Å². The molecular formula is C17H10ClNO3. The number of aromatic nitrogens is 1. The summed E-state index contributed by atoms with van der Waals surface area (Å²) < 4.78 is 1.40. The van der Waals surface area contributed by atoms with Crippen LogP contribution in [0.3, 0.4) is 0 Å². The highest BCUT2D eigenvalue weighted by atomic mass is 35.5. The van der Waals surface area contributed by atoms with Gasteiger partial charge >= 0.3 is 0 Å². The molecule has 1 unspecified atom stereocenters. The van der Waals surface area contributed by atoms with Crippen molar-refractivity contribution in [2.75, 3.05) is 0 Å². The molecule has 0 N–H and O–H groups in total. The fraction of sp³-hybridized carbons (Fsp3) is 0.118. The standard InChI is InChI=1S/C17H10ClNO3/c1-9(20)17(18)15(21)12-7-4-6-11-10-5-2-3-8-13(10)19(14(11)12)16(17)22/h2-8H,1H3. The number of Topliss-reactive ketones (excluding diaryl/α,β-unsaturated/α-hetero) is 2. The number of carbonyl (C=O) groups is 3. The Kier molecular flexibility index (Phi) is 2.43. The number of hydrogen-bond acceptors (Lipinski definition) is 3. The van der Waals surface area contributed by atoms with Gasteiger partial charge in [-0.2, -0.15) is 0 Å². The van der Waals surface area contributed by atoms with E-state index < -0.39 is 22.3 Å². The first-order chi connectivity index (χ1) is 10.5. The molecule has 0 saturated heterocycles. The lowest BCUT2D eigenvalue weighted by Gasteiger charge is -2.27. The van der Waals surface area contributed by atoms with E-state index in [1.807, 2.05) is 18.2 Å². The van der Waals surface area contributed by atoms with E-state index in [2.05, 4.69) is 0 Å². The van der Waals surface area contributed by atoms with Crippen LogP contribution in [-0.2, 0) is 4.79 Å². The number of alkyl halides is 1. The zero-order valence-corrected chi connectivity index (χ0v) is 12.3. The first kappa shape index (κ1) is 13.2. The van der Waals surface area contributed by atoms with Gasteiger partial charge in [-0.25, -0.2) is 0 Å². The van der Waals surface area contributed by atoms with Gasteiger partial charge < -0.3 is 0 Å². The second kappa shape index (κ2) is 4.05. The van der Waals surface area contributed by atoms with E-state index in [0.717, 1.165) is 10.8 Å². The Morgan fingerprint density at radius 3 is 2.45 bits per heavy atom. The zero-order chi connectivity index (χ0) is 15.6. The molecule has 3 aromatic rings. The van der Waals surface area contributed by atoms with Crippen molar-refractivity contribution in [2.45, 2.75) is 11.8 Å². The number of carbonyl (C=O) groups excluding carboxylic acids is 3. The van der Waals surface area contributed by atoms with Crippen LogP contribution in [0.15, 0.2) is 42.5 Å². The molecule has 0 bridgehead atoms. The maximum Gasteiger partial charge on any atom is 0.268 e. The van der Waals surface area contributed by atoms with Gasteiger partial charge in [0.25, 0.3) is 5.91 Å². The van der Waals surface area contributed by atoms with Gasteiger partial charge in [-0.3, -0.25) is 19.0 Å². The Morgan fingerprint density at radius 1 is 1.05 bits per heavy atom. The molecule has 0 spiro atoms. The quantitative estimate of drug-likeness (QED) is 0.512. The second-order valence-electron chi connectivity index (χ2n) is 5.40. The minimum absolute atomic E-state index is 0.304. The minimum Gasteiger partial charge on any atom is -0.297 e. The fourth-order valence-corrected chi connectivity index (χ4v) is 3.35. The molecule has 1 aliphatic heterocycles. The summed E-state index contributed by atoms with van der Waals surface area (Å²) in [4.78, 5) is 35.3. The minimum atomic E-state index is -2.18. The molecule has 1 aromatic heterocycles.